The van der Waals surface area contributed by atoms with E-state index in [1.165, 1.54) is 23.1 Å². The Morgan fingerprint density at radius 3 is 2.53 bits per heavy atom. The van der Waals surface area contributed by atoms with E-state index in [0.29, 0.717) is 10.3 Å². The van der Waals surface area contributed by atoms with Crippen LogP contribution >= 0.6 is 34.9 Å². The molecule has 0 radical (unpaired) electrons. The molecule has 0 bridgehead atoms. The van der Waals surface area contributed by atoms with Gasteiger partial charge < -0.3 is 0 Å². The number of hydrogen-bond donors (Lipinski definition) is 1. The standard InChI is InChI=1S/C22H22N6OS3/c1-2-3-14-30-22-26-25-20(32-22)23-18(29)15-31-21-24-19(16-10-6-4-7-11-16)28(27-21)17-12-8-5-9-13-17/h4-13H,2-3,14-15H2,1H3,(H,23,25,29). The van der Waals surface area contributed by atoms with Gasteiger partial charge in [-0.05, 0) is 18.6 Å². The zero-order valence-electron chi connectivity index (χ0n) is 17.5. The topological polar surface area (TPSA) is 85.6 Å². The van der Waals surface area contributed by atoms with Crippen molar-refractivity contribution >= 4 is 45.9 Å². The second kappa shape index (κ2) is 11.3. The average Bonchev–Trinajstić information content (AvgIpc) is 3.46. The Bertz CT molecular complexity index is 1090. The van der Waals surface area contributed by atoms with Crippen LogP contribution in [-0.2, 0) is 4.79 Å². The van der Waals surface area contributed by atoms with Crippen LogP contribution in [0.5, 0.6) is 0 Å². The maximum atomic E-state index is 12.4. The Kier molecular flexibility index (Phi) is 7.92. The highest BCUT2D eigenvalue weighted by Gasteiger charge is 2.16. The van der Waals surface area contributed by atoms with Crippen molar-refractivity contribution in [3.05, 3.63) is 60.7 Å². The first-order chi connectivity index (χ1) is 15.7. The zero-order chi connectivity index (χ0) is 22.2. The number of hydrogen-bond acceptors (Lipinski definition) is 8. The lowest BCUT2D eigenvalue weighted by atomic mass is 10.2. The van der Waals surface area contributed by atoms with Gasteiger partial charge in [0.1, 0.15) is 0 Å². The highest BCUT2D eigenvalue weighted by atomic mass is 32.2. The number of amides is 1. The van der Waals surface area contributed by atoms with Crippen LogP contribution in [0.1, 0.15) is 19.8 Å². The zero-order valence-corrected chi connectivity index (χ0v) is 19.9. The van der Waals surface area contributed by atoms with Crippen molar-refractivity contribution in [2.75, 3.05) is 16.8 Å². The van der Waals surface area contributed by atoms with Crippen molar-refractivity contribution in [1.82, 2.24) is 25.0 Å². The first-order valence-corrected chi connectivity index (χ1v) is 13.0. The van der Waals surface area contributed by atoms with Gasteiger partial charge >= 0.3 is 0 Å². The Balaban J connectivity index is 1.42. The summed E-state index contributed by atoms with van der Waals surface area (Å²) in [6.07, 6.45) is 2.28. The monoisotopic (exact) mass is 482 g/mol. The van der Waals surface area contributed by atoms with Crippen LogP contribution in [0, 0.1) is 0 Å². The smallest absolute Gasteiger partial charge is 0.236 e. The molecule has 4 rings (SSSR count). The molecule has 10 heteroatoms. The van der Waals surface area contributed by atoms with Crippen LogP contribution in [0.15, 0.2) is 70.2 Å². The van der Waals surface area contributed by atoms with Crippen molar-refractivity contribution in [2.24, 2.45) is 0 Å². The minimum Gasteiger partial charge on any atom is -0.300 e. The quantitative estimate of drug-likeness (QED) is 0.184. The highest BCUT2D eigenvalue weighted by molar-refractivity contribution is 8.01. The molecule has 0 saturated heterocycles. The lowest BCUT2D eigenvalue weighted by Gasteiger charge is -2.05. The predicted octanol–water partition coefficient (Wildman–Crippen LogP) is 5.41. The number of benzene rings is 2. The Morgan fingerprint density at radius 1 is 1.03 bits per heavy atom. The van der Waals surface area contributed by atoms with Gasteiger partial charge in [0.2, 0.25) is 16.2 Å². The molecular formula is C22H22N6OS3. The lowest BCUT2D eigenvalue weighted by molar-refractivity contribution is -0.113. The van der Waals surface area contributed by atoms with Crippen LogP contribution in [-0.4, -0.2) is 42.4 Å². The molecule has 7 nitrogen and oxygen atoms in total. The third-order valence-electron chi connectivity index (χ3n) is 4.33. The van der Waals surface area contributed by atoms with Gasteiger partial charge in [0.25, 0.3) is 0 Å². The molecule has 0 fully saturated rings. The summed E-state index contributed by atoms with van der Waals surface area (Å²) in [7, 11) is 0. The number of aromatic nitrogens is 5. The number of para-hydroxylation sites is 1. The summed E-state index contributed by atoms with van der Waals surface area (Å²) >= 11 is 4.36. The van der Waals surface area contributed by atoms with Crippen molar-refractivity contribution in [3.8, 4) is 17.1 Å². The van der Waals surface area contributed by atoms with Gasteiger partial charge in [-0.1, -0.05) is 96.7 Å². The average molecular weight is 483 g/mol. The first-order valence-electron chi connectivity index (χ1n) is 10.2. The lowest BCUT2D eigenvalue weighted by Crippen LogP contribution is -2.14. The van der Waals surface area contributed by atoms with Gasteiger partial charge in [-0.2, -0.15) is 0 Å². The fourth-order valence-corrected chi connectivity index (χ4v) is 5.33. The summed E-state index contributed by atoms with van der Waals surface area (Å²) in [6.45, 7) is 2.16. The number of rotatable bonds is 10. The summed E-state index contributed by atoms with van der Waals surface area (Å²) in [5, 5.41) is 16.7. The molecule has 1 N–H and O–H groups in total. The van der Waals surface area contributed by atoms with E-state index in [0.717, 1.165) is 40.0 Å². The van der Waals surface area contributed by atoms with E-state index in [9.17, 15) is 4.79 Å². The van der Waals surface area contributed by atoms with Gasteiger partial charge in [0.05, 0.1) is 11.4 Å². The summed E-state index contributed by atoms with van der Waals surface area (Å²) in [5.74, 6) is 1.77. The van der Waals surface area contributed by atoms with Gasteiger partial charge in [-0.25, -0.2) is 9.67 Å². The van der Waals surface area contributed by atoms with Crippen molar-refractivity contribution < 1.29 is 4.79 Å². The number of nitrogens with zero attached hydrogens (tertiary/aromatic N) is 5. The fourth-order valence-electron chi connectivity index (χ4n) is 2.79. The van der Waals surface area contributed by atoms with E-state index in [2.05, 4.69) is 32.5 Å². The number of thioether (sulfide) groups is 2. The van der Waals surface area contributed by atoms with Crippen LogP contribution in [0.2, 0.25) is 0 Å². The van der Waals surface area contributed by atoms with Crippen molar-refractivity contribution in [3.63, 3.8) is 0 Å². The number of anilines is 1. The summed E-state index contributed by atoms with van der Waals surface area (Å²) in [5.41, 5.74) is 1.87. The van der Waals surface area contributed by atoms with Crippen molar-refractivity contribution in [1.29, 1.82) is 0 Å². The van der Waals surface area contributed by atoms with Crippen LogP contribution in [0.3, 0.4) is 0 Å². The third-order valence-corrected chi connectivity index (χ3v) is 7.23. The summed E-state index contributed by atoms with van der Waals surface area (Å²) in [6, 6.07) is 19.7. The molecule has 2 heterocycles. The molecule has 0 saturated carbocycles. The van der Waals surface area contributed by atoms with E-state index < -0.39 is 0 Å². The molecular weight excluding hydrogens is 460 g/mol. The van der Waals surface area contributed by atoms with Gasteiger partial charge in [0, 0.05) is 11.3 Å². The Morgan fingerprint density at radius 2 is 1.78 bits per heavy atom. The minimum absolute atomic E-state index is 0.159. The molecule has 164 valence electrons. The van der Waals surface area contributed by atoms with Crippen LogP contribution in [0.25, 0.3) is 17.1 Å². The molecule has 32 heavy (non-hydrogen) atoms. The minimum atomic E-state index is -0.159. The normalized spacial score (nSPS) is 10.9. The molecule has 2 aromatic carbocycles. The second-order valence-electron chi connectivity index (χ2n) is 6.74. The molecule has 2 aromatic heterocycles. The van der Waals surface area contributed by atoms with Gasteiger partial charge in [0.15, 0.2) is 10.2 Å². The van der Waals surface area contributed by atoms with Crippen LogP contribution < -0.4 is 5.32 Å². The third kappa shape index (κ3) is 5.96. The van der Waals surface area contributed by atoms with E-state index >= 15 is 0 Å². The molecule has 0 aliphatic heterocycles. The van der Waals surface area contributed by atoms with E-state index in [1.54, 1.807) is 16.4 Å². The van der Waals surface area contributed by atoms with E-state index in [1.807, 2.05) is 60.7 Å². The fraction of sp³-hybridized carbons (Fsp3) is 0.227. The Labute approximate surface area is 199 Å². The van der Waals surface area contributed by atoms with Crippen molar-refractivity contribution in [2.45, 2.75) is 29.3 Å². The molecule has 0 atom stereocenters. The van der Waals surface area contributed by atoms with E-state index in [4.69, 9.17) is 0 Å². The molecule has 0 spiro atoms. The SMILES string of the molecule is CCCCSc1nnc(NC(=O)CSc2nc(-c3ccccc3)n(-c3ccccc3)n2)s1. The highest BCUT2D eigenvalue weighted by Crippen LogP contribution is 2.27. The molecule has 1 amide bonds. The second-order valence-corrected chi connectivity index (χ2v) is 10.0. The molecule has 4 aromatic rings. The maximum absolute atomic E-state index is 12.4. The predicted molar refractivity (Wildman–Crippen MR) is 132 cm³/mol. The number of carbonyl (C=O) groups is 1. The largest absolute Gasteiger partial charge is 0.300 e. The molecule has 0 unspecified atom stereocenters. The van der Waals surface area contributed by atoms with Crippen LogP contribution in [0.4, 0.5) is 5.13 Å². The number of unbranched alkanes of at least 4 members (excludes halogenated alkanes) is 1. The summed E-state index contributed by atoms with van der Waals surface area (Å²) < 4.78 is 2.68. The van der Waals surface area contributed by atoms with Gasteiger partial charge in [-0.15, -0.1) is 15.3 Å². The molecule has 0 aliphatic rings. The Hall–Kier alpha value is -2.69. The summed E-state index contributed by atoms with van der Waals surface area (Å²) in [4.78, 5) is 17.1. The number of carbonyl (C=O) groups excluding carboxylic acids is 1. The van der Waals surface area contributed by atoms with E-state index in [-0.39, 0.29) is 11.7 Å². The maximum Gasteiger partial charge on any atom is 0.236 e. The number of nitrogens with one attached hydrogen (secondary N) is 1. The molecule has 0 aliphatic carbocycles. The first kappa shape index (κ1) is 22.5. The van der Waals surface area contributed by atoms with Gasteiger partial charge in [-0.3, -0.25) is 10.1 Å².